The molecule has 1 aliphatic carbocycles. The first kappa shape index (κ1) is 8.92. The lowest BCUT2D eigenvalue weighted by atomic mass is 10.2. The van der Waals surface area contributed by atoms with Crippen LogP contribution < -0.4 is 0 Å². The van der Waals surface area contributed by atoms with Crippen molar-refractivity contribution in [3.8, 4) is 0 Å². The van der Waals surface area contributed by atoms with E-state index in [9.17, 15) is 5.11 Å². The SMILES string of the molecule is OC(Cn1ncc2ccccc21)C1CC1. The van der Waals surface area contributed by atoms with Crippen LogP contribution in [0, 0.1) is 5.92 Å². The molecular formula is C12H14N2O. The summed E-state index contributed by atoms with van der Waals surface area (Å²) in [5.74, 6) is 0.507. The molecule has 3 nitrogen and oxygen atoms in total. The molecule has 1 unspecified atom stereocenters. The molecule has 3 rings (SSSR count). The van der Waals surface area contributed by atoms with Gasteiger partial charge in [-0.05, 0) is 24.8 Å². The predicted molar refractivity (Wildman–Crippen MR) is 58.5 cm³/mol. The maximum Gasteiger partial charge on any atom is 0.0764 e. The first-order chi connectivity index (χ1) is 7.34. The molecule has 2 aromatic rings. The molecule has 0 amide bonds. The minimum Gasteiger partial charge on any atom is -0.391 e. The Morgan fingerprint density at radius 2 is 2.20 bits per heavy atom. The third-order valence-corrected chi connectivity index (χ3v) is 3.08. The number of fused-ring (bicyclic) bond motifs is 1. The van der Waals surface area contributed by atoms with Crippen molar-refractivity contribution in [1.29, 1.82) is 0 Å². The molecule has 0 spiro atoms. The first-order valence-corrected chi connectivity index (χ1v) is 5.43. The zero-order valence-electron chi connectivity index (χ0n) is 8.50. The van der Waals surface area contributed by atoms with Crippen LogP contribution in [-0.2, 0) is 6.54 Å². The van der Waals surface area contributed by atoms with Crippen LogP contribution in [0.2, 0.25) is 0 Å². The molecule has 0 bridgehead atoms. The van der Waals surface area contributed by atoms with Gasteiger partial charge in [-0.3, -0.25) is 4.68 Å². The second kappa shape index (κ2) is 3.35. The highest BCUT2D eigenvalue weighted by atomic mass is 16.3. The number of rotatable bonds is 3. The van der Waals surface area contributed by atoms with E-state index < -0.39 is 0 Å². The van der Waals surface area contributed by atoms with E-state index in [-0.39, 0.29) is 6.10 Å². The van der Waals surface area contributed by atoms with Gasteiger partial charge in [0.2, 0.25) is 0 Å². The molecule has 0 saturated heterocycles. The fourth-order valence-electron chi connectivity index (χ4n) is 1.98. The van der Waals surface area contributed by atoms with Crippen LogP contribution in [-0.4, -0.2) is 21.0 Å². The molecule has 78 valence electrons. The molecule has 1 N–H and O–H groups in total. The van der Waals surface area contributed by atoms with Crippen molar-refractivity contribution in [3.63, 3.8) is 0 Å². The number of aromatic nitrogens is 2. The summed E-state index contributed by atoms with van der Waals surface area (Å²) in [5.41, 5.74) is 1.11. The number of aliphatic hydroxyl groups is 1. The number of benzene rings is 1. The fraction of sp³-hybridized carbons (Fsp3) is 0.417. The van der Waals surface area contributed by atoms with Crippen molar-refractivity contribution in [2.75, 3.05) is 0 Å². The average molecular weight is 202 g/mol. The van der Waals surface area contributed by atoms with E-state index in [1.165, 1.54) is 12.8 Å². The van der Waals surface area contributed by atoms with Gasteiger partial charge in [-0.15, -0.1) is 0 Å². The summed E-state index contributed by atoms with van der Waals surface area (Å²) < 4.78 is 1.90. The van der Waals surface area contributed by atoms with Crippen LogP contribution in [0.1, 0.15) is 12.8 Å². The quantitative estimate of drug-likeness (QED) is 0.824. The van der Waals surface area contributed by atoms with Gasteiger partial charge in [0, 0.05) is 5.39 Å². The van der Waals surface area contributed by atoms with Gasteiger partial charge in [-0.25, -0.2) is 0 Å². The average Bonchev–Trinajstić information content (AvgIpc) is 3.03. The number of hydrogen-bond acceptors (Lipinski definition) is 2. The highest BCUT2D eigenvalue weighted by Gasteiger charge is 2.30. The summed E-state index contributed by atoms with van der Waals surface area (Å²) in [6.07, 6.45) is 3.96. The van der Waals surface area contributed by atoms with Crippen molar-refractivity contribution in [3.05, 3.63) is 30.5 Å². The molecule has 1 fully saturated rings. The van der Waals surface area contributed by atoms with Crippen molar-refractivity contribution < 1.29 is 5.11 Å². The minimum atomic E-state index is -0.228. The Morgan fingerprint density at radius 3 is 3.00 bits per heavy atom. The van der Waals surface area contributed by atoms with Gasteiger partial charge in [-0.1, -0.05) is 18.2 Å². The van der Waals surface area contributed by atoms with E-state index in [1.807, 2.05) is 35.1 Å². The third-order valence-electron chi connectivity index (χ3n) is 3.08. The fourth-order valence-corrected chi connectivity index (χ4v) is 1.98. The van der Waals surface area contributed by atoms with Crippen LogP contribution in [0.15, 0.2) is 30.5 Å². The van der Waals surface area contributed by atoms with E-state index in [1.54, 1.807) is 0 Å². The molecule has 0 aliphatic heterocycles. The van der Waals surface area contributed by atoms with Crippen LogP contribution in [0.25, 0.3) is 10.9 Å². The van der Waals surface area contributed by atoms with E-state index in [0.717, 1.165) is 10.9 Å². The third kappa shape index (κ3) is 1.63. The van der Waals surface area contributed by atoms with Gasteiger partial charge in [0.25, 0.3) is 0 Å². The first-order valence-electron chi connectivity index (χ1n) is 5.43. The van der Waals surface area contributed by atoms with Crippen molar-refractivity contribution in [2.45, 2.75) is 25.5 Å². The second-order valence-electron chi connectivity index (χ2n) is 4.29. The summed E-state index contributed by atoms with van der Waals surface area (Å²) >= 11 is 0. The number of hydrogen-bond donors (Lipinski definition) is 1. The predicted octanol–water partition coefficient (Wildman–Crippen LogP) is 1.81. The second-order valence-corrected chi connectivity index (χ2v) is 4.29. The summed E-state index contributed by atoms with van der Waals surface area (Å²) in [5, 5.41) is 15.3. The molecule has 1 heterocycles. The molecule has 15 heavy (non-hydrogen) atoms. The Morgan fingerprint density at radius 1 is 1.40 bits per heavy atom. The van der Waals surface area contributed by atoms with Gasteiger partial charge in [0.15, 0.2) is 0 Å². The van der Waals surface area contributed by atoms with E-state index in [0.29, 0.717) is 12.5 Å². The van der Waals surface area contributed by atoms with Crippen LogP contribution in [0.4, 0.5) is 0 Å². The van der Waals surface area contributed by atoms with Crippen molar-refractivity contribution in [2.24, 2.45) is 5.92 Å². The number of nitrogens with zero attached hydrogens (tertiary/aromatic N) is 2. The zero-order valence-corrected chi connectivity index (χ0v) is 8.50. The molecule has 1 aliphatic rings. The van der Waals surface area contributed by atoms with Gasteiger partial charge in [0.05, 0.1) is 24.4 Å². The van der Waals surface area contributed by atoms with Crippen molar-refractivity contribution in [1.82, 2.24) is 9.78 Å². The Balaban J connectivity index is 1.90. The molecule has 0 radical (unpaired) electrons. The van der Waals surface area contributed by atoms with E-state index >= 15 is 0 Å². The molecule has 1 aromatic heterocycles. The molecule has 1 atom stereocenters. The van der Waals surface area contributed by atoms with Crippen molar-refractivity contribution >= 4 is 10.9 Å². The van der Waals surface area contributed by atoms with E-state index in [4.69, 9.17) is 0 Å². The van der Waals surface area contributed by atoms with Gasteiger partial charge in [-0.2, -0.15) is 5.10 Å². The van der Waals surface area contributed by atoms with Gasteiger partial charge in [0.1, 0.15) is 0 Å². The largest absolute Gasteiger partial charge is 0.391 e. The lowest BCUT2D eigenvalue weighted by molar-refractivity contribution is 0.128. The topological polar surface area (TPSA) is 38.0 Å². The minimum absolute atomic E-state index is 0.228. The maximum atomic E-state index is 9.86. The van der Waals surface area contributed by atoms with Crippen LogP contribution >= 0.6 is 0 Å². The summed E-state index contributed by atoms with van der Waals surface area (Å²) in [6.45, 7) is 0.623. The normalized spacial score (nSPS) is 18.2. The lowest BCUT2D eigenvalue weighted by Gasteiger charge is -2.09. The Labute approximate surface area is 88.3 Å². The molecule has 3 heteroatoms. The number of aliphatic hydroxyl groups excluding tert-OH is 1. The standard InChI is InChI=1S/C12H14N2O/c15-12(9-5-6-9)8-14-11-4-2-1-3-10(11)7-13-14/h1-4,7,9,12,15H,5-6,8H2. The highest BCUT2D eigenvalue weighted by molar-refractivity contribution is 5.78. The maximum absolute atomic E-state index is 9.86. The highest BCUT2D eigenvalue weighted by Crippen LogP contribution is 2.33. The summed E-state index contributed by atoms with van der Waals surface area (Å²) in [4.78, 5) is 0. The van der Waals surface area contributed by atoms with Gasteiger partial charge >= 0.3 is 0 Å². The van der Waals surface area contributed by atoms with E-state index in [2.05, 4.69) is 5.10 Å². The van der Waals surface area contributed by atoms with Crippen LogP contribution in [0.3, 0.4) is 0 Å². The Bertz CT molecular complexity index is 473. The summed E-state index contributed by atoms with van der Waals surface area (Å²) in [7, 11) is 0. The molecular weight excluding hydrogens is 188 g/mol. The molecule has 1 aromatic carbocycles. The monoisotopic (exact) mass is 202 g/mol. The van der Waals surface area contributed by atoms with Crippen LogP contribution in [0.5, 0.6) is 0 Å². The molecule has 1 saturated carbocycles. The lowest BCUT2D eigenvalue weighted by Crippen LogP contribution is -2.18. The summed E-state index contributed by atoms with van der Waals surface area (Å²) in [6, 6.07) is 8.10. The van der Waals surface area contributed by atoms with Gasteiger partial charge < -0.3 is 5.11 Å². The smallest absolute Gasteiger partial charge is 0.0764 e. The zero-order chi connectivity index (χ0) is 10.3. The number of para-hydroxylation sites is 1. The Hall–Kier alpha value is -1.35. The Kier molecular flexibility index (Phi) is 1.99.